The number of nitrogens with zero attached hydrogens (tertiary/aromatic N) is 2. The molecule has 0 aliphatic heterocycles. The summed E-state index contributed by atoms with van der Waals surface area (Å²) in [5, 5.41) is 19.8. The maximum Gasteiger partial charge on any atom is 0.326 e. The zero-order valence-corrected chi connectivity index (χ0v) is 9.38. The van der Waals surface area contributed by atoms with Gasteiger partial charge in [-0.3, -0.25) is 14.6 Å². The second-order valence-corrected chi connectivity index (χ2v) is 3.65. The van der Waals surface area contributed by atoms with Gasteiger partial charge in [0.2, 0.25) is 5.95 Å². The van der Waals surface area contributed by atoms with Crippen LogP contribution >= 0.6 is 0 Å². The Morgan fingerprint density at radius 1 is 1.42 bits per heavy atom. The van der Waals surface area contributed by atoms with E-state index in [0.29, 0.717) is 0 Å². The predicted octanol–water partition coefficient (Wildman–Crippen LogP) is -1.01. The number of aromatic nitrogens is 4. The Hall–Kier alpha value is -2.91. The number of hydrogen-bond acceptors (Lipinski definition) is 6. The molecule has 2 aromatic heterocycles. The normalized spacial score (nSPS) is 12.2. The molecule has 10 nitrogen and oxygen atoms in total. The van der Waals surface area contributed by atoms with E-state index in [4.69, 9.17) is 10.2 Å². The van der Waals surface area contributed by atoms with Crippen LogP contribution in [0.2, 0.25) is 0 Å². The lowest BCUT2D eigenvalue weighted by Gasteiger charge is -2.12. The third kappa shape index (κ3) is 2.68. The van der Waals surface area contributed by atoms with E-state index in [2.05, 4.69) is 25.3 Å². The molecule has 0 aliphatic carbocycles. The predicted molar refractivity (Wildman–Crippen MR) is 61.8 cm³/mol. The first kappa shape index (κ1) is 12.5. The van der Waals surface area contributed by atoms with Crippen LogP contribution in [0.5, 0.6) is 0 Å². The molecule has 0 aromatic carbocycles. The molecular formula is C9H9N5O5. The first-order chi connectivity index (χ1) is 8.97. The summed E-state index contributed by atoms with van der Waals surface area (Å²) in [7, 11) is 0. The van der Waals surface area contributed by atoms with Crippen LogP contribution in [0.25, 0.3) is 11.2 Å². The van der Waals surface area contributed by atoms with Crippen molar-refractivity contribution in [3.63, 3.8) is 0 Å². The quantitative estimate of drug-likeness (QED) is 0.460. The number of carboxylic acids is 2. The summed E-state index contributed by atoms with van der Waals surface area (Å²) in [5.41, 5.74) is -0.286. The standard InChI is InChI=1S/C9H9N5O5/c15-4(16)1-3(8(18)19)12-9-13-6-5(7(17)14-9)10-2-11-6/h2-3H,1H2,(H,15,16)(H,18,19)(H3,10,11,12,13,14,17)/t3-/m0/s1. The number of fused-ring (bicyclic) bond motifs is 1. The van der Waals surface area contributed by atoms with Crippen LogP contribution in [0.15, 0.2) is 11.1 Å². The summed E-state index contributed by atoms with van der Waals surface area (Å²) >= 11 is 0. The summed E-state index contributed by atoms with van der Waals surface area (Å²) < 4.78 is 0. The second kappa shape index (κ2) is 4.76. The van der Waals surface area contributed by atoms with Gasteiger partial charge in [0.1, 0.15) is 6.04 Å². The largest absolute Gasteiger partial charge is 0.481 e. The lowest BCUT2D eigenvalue weighted by Crippen LogP contribution is -2.33. The van der Waals surface area contributed by atoms with Crippen molar-refractivity contribution >= 4 is 29.1 Å². The Bertz CT molecular complexity index is 690. The average molecular weight is 267 g/mol. The van der Waals surface area contributed by atoms with Gasteiger partial charge < -0.3 is 20.5 Å². The smallest absolute Gasteiger partial charge is 0.326 e. The SMILES string of the molecule is O=C(O)C[C@H](Nc1nc2nc[nH]c2c(=O)[nH]1)C(=O)O. The summed E-state index contributed by atoms with van der Waals surface area (Å²) in [5.74, 6) is -2.81. The molecule has 1 atom stereocenters. The molecule has 0 bridgehead atoms. The van der Waals surface area contributed by atoms with Gasteiger partial charge in [0, 0.05) is 0 Å². The zero-order valence-electron chi connectivity index (χ0n) is 9.38. The molecule has 0 saturated carbocycles. The van der Waals surface area contributed by atoms with E-state index in [1.165, 1.54) is 6.33 Å². The number of imidazole rings is 1. The molecule has 100 valence electrons. The molecular weight excluding hydrogens is 258 g/mol. The Morgan fingerprint density at radius 3 is 2.79 bits per heavy atom. The van der Waals surface area contributed by atoms with Crippen molar-refractivity contribution in [3.05, 3.63) is 16.7 Å². The monoisotopic (exact) mass is 267 g/mol. The van der Waals surface area contributed by atoms with E-state index in [1.54, 1.807) is 0 Å². The van der Waals surface area contributed by atoms with Gasteiger partial charge in [-0.15, -0.1) is 0 Å². The van der Waals surface area contributed by atoms with Crippen LogP contribution in [-0.2, 0) is 9.59 Å². The summed E-state index contributed by atoms with van der Waals surface area (Å²) in [6.07, 6.45) is 0.611. The van der Waals surface area contributed by atoms with Crippen LogP contribution in [0.1, 0.15) is 6.42 Å². The molecule has 0 radical (unpaired) electrons. The van der Waals surface area contributed by atoms with Gasteiger partial charge in [-0.2, -0.15) is 4.98 Å². The molecule has 2 aromatic rings. The average Bonchev–Trinajstić information content (AvgIpc) is 2.76. The fraction of sp³-hybridized carbons (Fsp3) is 0.222. The van der Waals surface area contributed by atoms with Crippen LogP contribution < -0.4 is 10.9 Å². The van der Waals surface area contributed by atoms with Crippen molar-refractivity contribution in [3.8, 4) is 0 Å². The molecule has 0 spiro atoms. The maximum absolute atomic E-state index is 11.6. The molecule has 0 aliphatic rings. The van der Waals surface area contributed by atoms with Crippen molar-refractivity contribution in [2.24, 2.45) is 0 Å². The number of aromatic amines is 2. The van der Waals surface area contributed by atoms with Crippen molar-refractivity contribution in [1.29, 1.82) is 0 Å². The summed E-state index contributed by atoms with van der Waals surface area (Å²) in [6, 6.07) is -1.41. The maximum atomic E-state index is 11.6. The second-order valence-electron chi connectivity index (χ2n) is 3.65. The number of rotatable bonds is 5. The van der Waals surface area contributed by atoms with Crippen molar-refractivity contribution in [1.82, 2.24) is 19.9 Å². The van der Waals surface area contributed by atoms with E-state index in [0.717, 1.165) is 0 Å². The van der Waals surface area contributed by atoms with E-state index < -0.39 is 30.0 Å². The Balaban J connectivity index is 2.30. The first-order valence-electron chi connectivity index (χ1n) is 5.12. The highest BCUT2D eigenvalue weighted by Gasteiger charge is 2.22. The fourth-order valence-corrected chi connectivity index (χ4v) is 1.45. The Morgan fingerprint density at radius 2 is 2.16 bits per heavy atom. The summed E-state index contributed by atoms with van der Waals surface area (Å²) in [6.45, 7) is 0. The van der Waals surface area contributed by atoms with Crippen molar-refractivity contribution < 1.29 is 19.8 Å². The van der Waals surface area contributed by atoms with Gasteiger partial charge in [-0.1, -0.05) is 0 Å². The molecule has 0 amide bonds. The van der Waals surface area contributed by atoms with Crippen LogP contribution in [0, 0.1) is 0 Å². The van der Waals surface area contributed by atoms with Gasteiger partial charge in [-0.25, -0.2) is 9.78 Å². The molecule has 2 rings (SSSR count). The van der Waals surface area contributed by atoms with Gasteiger partial charge in [-0.05, 0) is 0 Å². The summed E-state index contributed by atoms with van der Waals surface area (Å²) in [4.78, 5) is 45.4. The Labute approximate surface area is 104 Å². The molecule has 5 N–H and O–H groups in total. The number of carbonyl (C=O) groups is 2. The lowest BCUT2D eigenvalue weighted by atomic mass is 10.2. The van der Waals surface area contributed by atoms with Crippen molar-refractivity contribution in [2.75, 3.05) is 5.32 Å². The zero-order chi connectivity index (χ0) is 14.0. The number of nitrogens with one attached hydrogen (secondary N) is 3. The lowest BCUT2D eigenvalue weighted by molar-refractivity contribution is -0.144. The molecule has 10 heteroatoms. The van der Waals surface area contributed by atoms with Crippen LogP contribution in [-0.4, -0.2) is 48.1 Å². The minimum absolute atomic E-state index is 0.103. The number of carboxylic acid groups (broad SMARTS) is 2. The third-order valence-corrected chi connectivity index (χ3v) is 2.28. The van der Waals surface area contributed by atoms with E-state index in [-0.39, 0.29) is 17.1 Å². The van der Waals surface area contributed by atoms with Crippen LogP contribution in [0.4, 0.5) is 5.95 Å². The molecule has 0 saturated heterocycles. The van der Waals surface area contributed by atoms with Crippen molar-refractivity contribution in [2.45, 2.75) is 12.5 Å². The highest BCUT2D eigenvalue weighted by molar-refractivity contribution is 5.83. The molecule has 0 fully saturated rings. The molecule has 2 heterocycles. The van der Waals surface area contributed by atoms with E-state index in [1.807, 2.05) is 0 Å². The highest BCUT2D eigenvalue weighted by Crippen LogP contribution is 2.06. The topological polar surface area (TPSA) is 161 Å². The molecule has 0 unspecified atom stereocenters. The number of anilines is 1. The van der Waals surface area contributed by atoms with Gasteiger partial charge in [0.15, 0.2) is 11.2 Å². The highest BCUT2D eigenvalue weighted by atomic mass is 16.4. The Kier molecular flexibility index (Phi) is 3.14. The van der Waals surface area contributed by atoms with E-state index >= 15 is 0 Å². The van der Waals surface area contributed by atoms with Gasteiger partial charge in [0.25, 0.3) is 5.56 Å². The first-order valence-corrected chi connectivity index (χ1v) is 5.12. The van der Waals surface area contributed by atoms with E-state index in [9.17, 15) is 14.4 Å². The molecule has 19 heavy (non-hydrogen) atoms. The number of aliphatic carboxylic acids is 2. The minimum Gasteiger partial charge on any atom is -0.481 e. The number of hydrogen-bond donors (Lipinski definition) is 5. The fourth-order valence-electron chi connectivity index (χ4n) is 1.45. The van der Waals surface area contributed by atoms with Gasteiger partial charge >= 0.3 is 11.9 Å². The number of H-pyrrole nitrogens is 2. The van der Waals surface area contributed by atoms with Crippen LogP contribution in [0.3, 0.4) is 0 Å². The third-order valence-electron chi connectivity index (χ3n) is 2.28. The van der Waals surface area contributed by atoms with Gasteiger partial charge in [0.05, 0.1) is 12.7 Å². The minimum atomic E-state index is -1.41.